The van der Waals surface area contributed by atoms with Crippen molar-refractivity contribution in [1.29, 1.82) is 0 Å². The summed E-state index contributed by atoms with van der Waals surface area (Å²) in [5, 5.41) is 4.07. The summed E-state index contributed by atoms with van der Waals surface area (Å²) in [5.41, 5.74) is 3.57. The predicted molar refractivity (Wildman–Crippen MR) is 112 cm³/mol. The van der Waals surface area contributed by atoms with Crippen molar-refractivity contribution in [3.05, 3.63) is 93.2 Å². The normalized spacial score (nSPS) is 14.8. The summed E-state index contributed by atoms with van der Waals surface area (Å²) in [7, 11) is 1.99. The molecule has 0 spiro atoms. The molecule has 27 heavy (non-hydrogen) atoms. The van der Waals surface area contributed by atoms with Gasteiger partial charge in [0, 0.05) is 36.7 Å². The van der Waals surface area contributed by atoms with Gasteiger partial charge in [-0.05, 0) is 24.3 Å². The number of halogens is 1. The van der Waals surface area contributed by atoms with E-state index in [0.717, 1.165) is 23.9 Å². The molecule has 2 heterocycles. The van der Waals surface area contributed by atoms with Crippen LogP contribution in [0.1, 0.15) is 16.3 Å². The molecule has 2 aromatic carbocycles. The maximum Gasteiger partial charge on any atom is 0.262 e. The molecule has 0 unspecified atom stereocenters. The zero-order valence-electron chi connectivity index (χ0n) is 15.2. The minimum atomic E-state index is 0.676. The quantitative estimate of drug-likeness (QED) is 0.548. The van der Waals surface area contributed by atoms with Gasteiger partial charge in [0.15, 0.2) is 23.9 Å². The molecule has 0 aliphatic carbocycles. The minimum absolute atomic E-state index is 0.676. The van der Waals surface area contributed by atoms with Crippen LogP contribution in [-0.2, 0) is 6.54 Å². The highest BCUT2D eigenvalue weighted by atomic mass is 35.5. The number of anilines is 1. The Bertz CT molecular complexity index is 1020. The van der Waals surface area contributed by atoms with Crippen LogP contribution < -0.4 is 14.2 Å². The van der Waals surface area contributed by atoms with Gasteiger partial charge in [-0.15, -0.1) is 0 Å². The van der Waals surface area contributed by atoms with E-state index in [2.05, 4.69) is 47.2 Å². The van der Waals surface area contributed by atoms with Crippen molar-refractivity contribution in [2.45, 2.75) is 13.5 Å². The number of thiazole rings is 1. The molecule has 1 aliphatic rings. The van der Waals surface area contributed by atoms with Crippen LogP contribution in [0.15, 0.2) is 71.9 Å². The van der Waals surface area contributed by atoms with Crippen LogP contribution in [0.25, 0.3) is 6.08 Å². The summed E-state index contributed by atoms with van der Waals surface area (Å²) >= 11 is 7.80. The standard InChI is InChI=1S/C22H20ClN2OS/c1-16-15-27-22(25(16)14-17-7-4-3-5-8-17)10-6-9-21-24(2)19-12-11-18(23)13-20(19)26-21/h3-13,15H,14H2,1-2H3/q+1. The molecule has 0 atom stereocenters. The second-order valence-corrected chi connectivity index (χ2v) is 7.75. The predicted octanol–water partition coefficient (Wildman–Crippen LogP) is 5.43. The van der Waals surface area contributed by atoms with Crippen molar-refractivity contribution in [2.75, 3.05) is 11.9 Å². The first kappa shape index (κ1) is 17.8. The highest BCUT2D eigenvalue weighted by molar-refractivity contribution is 7.10. The third-order valence-electron chi connectivity index (χ3n) is 4.53. The molecule has 0 radical (unpaired) electrons. The van der Waals surface area contributed by atoms with Crippen molar-refractivity contribution >= 4 is 34.7 Å². The van der Waals surface area contributed by atoms with E-state index < -0.39 is 0 Å². The smallest absolute Gasteiger partial charge is 0.262 e. The Morgan fingerprint density at radius 2 is 2.00 bits per heavy atom. The summed E-state index contributed by atoms with van der Waals surface area (Å²) in [6.07, 6.45) is 6.14. The Labute approximate surface area is 168 Å². The van der Waals surface area contributed by atoms with Crippen molar-refractivity contribution in [3.63, 3.8) is 0 Å². The molecule has 4 rings (SSSR count). The van der Waals surface area contributed by atoms with E-state index in [1.165, 1.54) is 16.3 Å². The van der Waals surface area contributed by atoms with Crippen LogP contribution in [0.3, 0.4) is 0 Å². The van der Waals surface area contributed by atoms with E-state index in [1.807, 2.05) is 48.4 Å². The zero-order chi connectivity index (χ0) is 18.8. The lowest BCUT2D eigenvalue weighted by molar-refractivity contribution is -0.691. The number of benzene rings is 2. The molecule has 136 valence electrons. The highest BCUT2D eigenvalue weighted by Crippen LogP contribution is 2.39. The Kier molecular flexibility index (Phi) is 5.01. The molecule has 3 nitrogen and oxygen atoms in total. The molecule has 1 aliphatic heterocycles. The second kappa shape index (κ2) is 7.59. The van der Waals surface area contributed by atoms with Crippen molar-refractivity contribution < 1.29 is 9.30 Å². The number of ether oxygens (including phenoxy) is 1. The zero-order valence-corrected chi connectivity index (χ0v) is 16.8. The maximum absolute atomic E-state index is 6.06. The topological polar surface area (TPSA) is 16.4 Å². The summed E-state index contributed by atoms with van der Waals surface area (Å²) in [6, 6.07) is 16.2. The summed E-state index contributed by atoms with van der Waals surface area (Å²) < 4.78 is 8.24. The largest absolute Gasteiger partial charge is 0.439 e. The van der Waals surface area contributed by atoms with Crippen LogP contribution >= 0.6 is 22.9 Å². The van der Waals surface area contributed by atoms with Gasteiger partial charge in [0.1, 0.15) is 0 Å². The van der Waals surface area contributed by atoms with Gasteiger partial charge in [-0.3, -0.25) is 0 Å². The summed E-state index contributed by atoms with van der Waals surface area (Å²) in [6.45, 7) is 3.01. The van der Waals surface area contributed by atoms with Gasteiger partial charge >= 0.3 is 0 Å². The van der Waals surface area contributed by atoms with Gasteiger partial charge in [-0.2, -0.15) is 4.57 Å². The molecule has 3 aromatic rings. The number of fused-ring (bicyclic) bond motifs is 1. The first-order chi connectivity index (χ1) is 13.1. The van der Waals surface area contributed by atoms with Gasteiger partial charge in [0.05, 0.1) is 11.1 Å². The van der Waals surface area contributed by atoms with E-state index in [-0.39, 0.29) is 0 Å². The number of hydrogen-bond donors (Lipinski definition) is 0. The number of allylic oxidation sites excluding steroid dienone is 2. The fraction of sp³-hybridized carbons (Fsp3) is 0.136. The van der Waals surface area contributed by atoms with E-state index in [9.17, 15) is 0 Å². The van der Waals surface area contributed by atoms with Crippen LogP contribution in [0, 0.1) is 6.92 Å². The van der Waals surface area contributed by atoms with Gasteiger partial charge in [0.25, 0.3) is 5.01 Å². The number of aromatic nitrogens is 1. The number of aryl methyl sites for hydroxylation is 1. The monoisotopic (exact) mass is 395 g/mol. The Hall–Kier alpha value is -2.56. The van der Waals surface area contributed by atoms with E-state index >= 15 is 0 Å². The molecule has 0 amide bonds. The molecular weight excluding hydrogens is 376 g/mol. The van der Waals surface area contributed by atoms with Crippen LogP contribution in [-0.4, -0.2) is 7.05 Å². The molecule has 5 heteroatoms. The molecule has 0 saturated heterocycles. The Balaban J connectivity index is 1.54. The van der Waals surface area contributed by atoms with Gasteiger partial charge in [-0.25, -0.2) is 0 Å². The average molecular weight is 396 g/mol. The first-order valence-corrected chi connectivity index (χ1v) is 9.99. The third kappa shape index (κ3) is 3.77. The van der Waals surface area contributed by atoms with Crippen LogP contribution in [0.5, 0.6) is 5.75 Å². The molecule has 0 N–H and O–H groups in total. The Morgan fingerprint density at radius 1 is 1.19 bits per heavy atom. The molecule has 0 bridgehead atoms. The maximum atomic E-state index is 6.06. The van der Waals surface area contributed by atoms with Crippen LogP contribution in [0.2, 0.25) is 5.02 Å². The average Bonchev–Trinajstić information content (AvgIpc) is 3.16. The first-order valence-electron chi connectivity index (χ1n) is 8.73. The number of hydrogen-bond acceptors (Lipinski definition) is 3. The van der Waals surface area contributed by atoms with E-state index in [4.69, 9.17) is 16.3 Å². The highest BCUT2D eigenvalue weighted by Gasteiger charge is 2.22. The SMILES string of the molecule is Cc1csc(/C=C/C=C2\Oc3cc(Cl)ccc3N2C)[n+]1Cc1ccccc1. The van der Waals surface area contributed by atoms with Crippen molar-refractivity contribution in [1.82, 2.24) is 0 Å². The second-order valence-electron chi connectivity index (χ2n) is 6.42. The van der Waals surface area contributed by atoms with E-state index in [0.29, 0.717) is 5.02 Å². The molecule has 1 aromatic heterocycles. The van der Waals surface area contributed by atoms with Crippen LogP contribution in [0.4, 0.5) is 5.69 Å². The molecular formula is C22H20ClN2OS+. The van der Waals surface area contributed by atoms with E-state index in [1.54, 1.807) is 11.3 Å². The fourth-order valence-corrected chi connectivity index (χ4v) is 4.12. The Morgan fingerprint density at radius 3 is 2.81 bits per heavy atom. The lowest BCUT2D eigenvalue weighted by atomic mass is 10.2. The third-order valence-corrected chi connectivity index (χ3v) is 5.82. The van der Waals surface area contributed by atoms with Crippen molar-refractivity contribution in [3.8, 4) is 5.75 Å². The van der Waals surface area contributed by atoms with Gasteiger partial charge < -0.3 is 9.64 Å². The number of nitrogens with zero attached hydrogens (tertiary/aromatic N) is 2. The molecule has 0 saturated carbocycles. The summed E-state index contributed by atoms with van der Waals surface area (Å²) in [4.78, 5) is 2.02. The fourth-order valence-electron chi connectivity index (χ4n) is 3.05. The van der Waals surface area contributed by atoms with Crippen molar-refractivity contribution in [2.24, 2.45) is 0 Å². The molecule has 0 fully saturated rings. The lowest BCUT2D eigenvalue weighted by Crippen LogP contribution is -2.37. The lowest BCUT2D eigenvalue weighted by Gasteiger charge is -2.09. The van der Waals surface area contributed by atoms with Gasteiger partial charge in [-0.1, -0.05) is 53.3 Å². The minimum Gasteiger partial charge on any atom is -0.439 e. The van der Waals surface area contributed by atoms with Gasteiger partial charge in [0.2, 0.25) is 0 Å². The summed E-state index contributed by atoms with van der Waals surface area (Å²) in [5.74, 6) is 1.57. The number of rotatable bonds is 4.